The molecule has 1 aromatic heterocycles. The van der Waals surface area contributed by atoms with Crippen LogP contribution in [0.4, 0.5) is 0 Å². The Bertz CT molecular complexity index is 1110. The second-order valence-corrected chi connectivity index (χ2v) is 7.91. The SMILES string of the molecule is COc1cc(-c2nc3ccccc3s2)ccc1OC(=O)c1ccccc1I. The first-order valence-electron chi connectivity index (χ1n) is 8.16. The number of carbonyl (C=O) groups excluding carboxylic acids is 1. The second-order valence-electron chi connectivity index (χ2n) is 5.72. The summed E-state index contributed by atoms with van der Waals surface area (Å²) in [5.41, 5.74) is 2.41. The van der Waals surface area contributed by atoms with Crippen molar-refractivity contribution in [1.29, 1.82) is 0 Å². The van der Waals surface area contributed by atoms with Gasteiger partial charge in [0, 0.05) is 9.13 Å². The Balaban J connectivity index is 1.65. The third-order valence-electron chi connectivity index (χ3n) is 4.00. The van der Waals surface area contributed by atoms with Crippen molar-refractivity contribution >= 4 is 50.1 Å². The minimum absolute atomic E-state index is 0.381. The van der Waals surface area contributed by atoms with Crippen LogP contribution in [0.1, 0.15) is 10.4 Å². The van der Waals surface area contributed by atoms with Gasteiger partial charge in [-0.15, -0.1) is 11.3 Å². The van der Waals surface area contributed by atoms with E-state index in [0.29, 0.717) is 17.1 Å². The van der Waals surface area contributed by atoms with Crippen molar-refractivity contribution in [3.05, 3.63) is 75.9 Å². The number of methoxy groups -OCH3 is 1. The highest BCUT2D eigenvalue weighted by atomic mass is 127. The lowest BCUT2D eigenvalue weighted by Crippen LogP contribution is -2.10. The smallest absolute Gasteiger partial charge is 0.344 e. The highest BCUT2D eigenvalue weighted by Crippen LogP contribution is 2.36. The molecule has 27 heavy (non-hydrogen) atoms. The van der Waals surface area contributed by atoms with Crippen molar-refractivity contribution in [3.8, 4) is 22.1 Å². The number of aromatic nitrogens is 1. The van der Waals surface area contributed by atoms with Gasteiger partial charge in [0.1, 0.15) is 5.01 Å². The van der Waals surface area contributed by atoms with Crippen molar-refractivity contribution in [1.82, 2.24) is 4.98 Å². The summed E-state index contributed by atoms with van der Waals surface area (Å²) in [5, 5.41) is 0.894. The number of fused-ring (bicyclic) bond motifs is 1. The van der Waals surface area contributed by atoms with Crippen LogP contribution in [0.15, 0.2) is 66.7 Å². The summed E-state index contributed by atoms with van der Waals surface area (Å²) < 4.78 is 13.0. The number of nitrogens with zero attached hydrogens (tertiary/aromatic N) is 1. The fourth-order valence-corrected chi connectivity index (χ4v) is 4.23. The first kappa shape index (κ1) is 17.9. The molecule has 0 saturated heterocycles. The molecule has 0 aliphatic carbocycles. The van der Waals surface area contributed by atoms with Gasteiger partial charge in [0.2, 0.25) is 0 Å². The zero-order chi connectivity index (χ0) is 18.8. The van der Waals surface area contributed by atoms with E-state index in [-0.39, 0.29) is 0 Å². The third kappa shape index (κ3) is 3.68. The van der Waals surface area contributed by atoms with Gasteiger partial charge < -0.3 is 9.47 Å². The number of esters is 1. The van der Waals surface area contributed by atoms with Crippen LogP contribution < -0.4 is 9.47 Å². The maximum absolute atomic E-state index is 12.5. The largest absolute Gasteiger partial charge is 0.493 e. The fraction of sp³-hybridized carbons (Fsp3) is 0.0476. The van der Waals surface area contributed by atoms with E-state index < -0.39 is 5.97 Å². The van der Waals surface area contributed by atoms with Crippen LogP contribution in [-0.2, 0) is 0 Å². The molecular formula is C21H14INO3S. The van der Waals surface area contributed by atoms with Crippen LogP contribution in [0, 0.1) is 3.57 Å². The second kappa shape index (κ2) is 7.66. The van der Waals surface area contributed by atoms with E-state index in [0.717, 1.165) is 24.4 Å². The quantitative estimate of drug-likeness (QED) is 0.208. The van der Waals surface area contributed by atoms with Gasteiger partial charge in [-0.2, -0.15) is 0 Å². The first-order chi connectivity index (χ1) is 13.2. The maximum atomic E-state index is 12.5. The summed E-state index contributed by atoms with van der Waals surface area (Å²) in [4.78, 5) is 17.1. The summed E-state index contributed by atoms with van der Waals surface area (Å²) in [6.45, 7) is 0. The Hall–Kier alpha value is -2.45. The van der Waals surface area contributed by atoms with Crippen molar-refractivity contribution in [3.63, 3.8) is 0 Å². The normalized spacial score (nSPS) is 10.7. The molecule has 134 valence electrons. The predicted octanol–water partition coefficient (Wildman–Crippen LogP) is 5.80. The molecule has 0 radical (unpaired) electrons. The molecule has 0 aliphatic heterocycles. The van der Waals surface area contributed by atoms with E-state index in [1.54, 1.807) is 30.6 Å². The van der Waals surface area contributed by atoms with Crippen molar-refractivity contribution in [2.24, 2.45) is 0 Å². The predicted molar refractivity (Wildman–Crippen MR) is 116 cm³/mol. The van der Waals surface area contributed by atoms with E-state index >= 15 is 0 Å². The minimum Gasteiger partial charge on any atom is -0.493 e. The average molecular weight is 487 g/mol. The van der Waals surface area contributed by atoms with Crippen LogP contribution in [0.2, 0.25) is 0 Å². The van der Waals surface area contributed by atoms with Crippen molar-refractivity contribution < 1.29 is 14.3 Å². The Kier molecular flexibility index (Phi) is 5.09. The lowest BCUT2D eigenvalue weighted by Gasteiger charge is -2.11. The zero-order valence-electron chi connectivity index (χ0n) is 14.3. The molecule has 0 atom stereocenters. The van der Waals surface area contributed by atoms with Crippen molar-refractivity contribution in [2.45, 2.75) is 0 Å². The van der Waals surface area contributed by atoms with Crippen LogP contribution in [-0.4, -0.2) is 18.1 Å². The number of thiazole rings is 1. The number of hydrogen-bond acceptors (Lipinski definition) is 5. The maximum Gasteiger partial charge on any atom is 0.344 e. The molecule has 0 amide bonds. The number of halogens is 1. The molecule has 0 saturated carbocycles. The van der Waals surface area contributed by atoms with Gasteiger partial charge in [-0.05, 0) is 65.1 Å². The van der Waals surface area contributed by atoms with Gasteiger partial charge in [-0.1, -0.05) is 24.3 Å². The van der Waals surface area contributed by atoms with E-state index in [1.807, 2.05) is 54.6 Å². The highest BCUT2D eigenvalue weighted by Gasteiger charge is 2.16. The molecular weight excluding hydrogens is 473 g/mol. The molecule has 4 nitrogen and oxygen atoms in total. The van der Waals surface area contributed by atoms with Gasteiger partial charge >= 0.3 is 5.97 Å². The Labute approximate surface area is 173 Å². The van der Waals surface area contributed by atoms with Gasteiger partial charge in [0.05, 0.1) is 22.9 Å². The van der Waals surface area contributed by atoms with Crippen LogP contribution in [0.3, 0.4) is 0 Å². The standard InChI is InChI=1S/C21H14INO3S/c1-25-18-12-13(20-23-16-8-4-5-9-19(16)27-20)10-11-17(18)26-21(24)14-6-2-3-7-15(14)22/h2-12H,1H3. The number of carbonyl (C=O) groups is 1. The van der Waals surface area contributed by atoms with E-state index in [9.17, 15) is 4.79 Å². The van der Waals surface area contributed by atoms with Crippen LogP contribution in [0.25, 0.3) is 20.8 Å². The van der Waals surface area contributed by atoms with Gasteiger partial charge in [0.15, 0.2) is 11.5 Å². The van der Waals surface area contributed by atoms with E-state index in [4.69, 9.17) is 9.47 Å². The molecule has 4 aromatic rings. The Morgan fingerprint density at radius 1 is 1.00 bits per heavy atom. The molecule has 0 fully saturated rings. The number of rotatable bonds is 4. The van der Waals surface area contributed by atoms with E-state index in [2.05, 4.69) is 27.6 Å². The topological polar surface area (TPSA) is 48.4 Å². The molecule has 0 bridgehead atoms. The van der Waals surface area contributed by atoms with Crippen LogP contribution in [0.5, 0.6) is 11.5 Å². The third-order valence-corrected chi connectivity index (χ3v) is 6.03. The minimum atomic E-state index is -0.411. The molecule has 0 spiro atoms. The molecule has 3 aromatic carbocycles. The lowest BCUT2D eigenvalue weighted by molar-refractivity contribution is 0.0728. The monoisotopic (exact) mass is 487 g/mol. The molecule has 0 unspecified atom stereocenters. The Morgan fingerprint density at radius 2 is 1.78 bits per heavy atom. The number of para-hydroxylation sites is 1. The number of ether oxygens (including phenoxy) is 2. The summed E-state index contributed by atoms with van der Waals surface area (Å²) in [5.74, 6) is 0.462. The summed E-state index contributed by atoms with van der Waals surface area (Å²) in [6, 6.07) is 20.8. The summed E-state index contributed by atoms with van der Waals surface area (Å²) in [6.07, 6.45) is 0. The van der Waals surface area contributed by atoms with Crippen molar-refractivity contribution in [2.75, 3.05) is 7.11 Å². The lowest BCUT2D eigenvalue weighted by atomic mass is 10.2. The zero-order valence-corrected chi connectivity index (χ0v) is 17.3. The van der Waals surface area contributed by atoms with Gasteiger partial charge in [0.25, 0.3) is 0 Å². The molecule has 1 heterocycles. The molecule has 6 heteroatoms. The summed E-state index contributed by atoms with van der Waals surface area (Å²) in [7, 11) is 1.56. The Morgan fingerprint density at radius 3 is 2.56 bits per heavy atom. The first-order valence-corrected chi connectivity index (χ1v) is 10.1. The molecule has 0 N–H and O–H groups in total. The molecule has 0 aliphatic rings. The van der Waals surface area contributed by atoms with Gasteiger partial charge in [-0.25, -0.2) is 9.78 Å². The highest BCUT2D eigenvalue weighted by molar-refractivity contribution is 14.1. The molecule has 4 rings (SSSR count). The fourth-order valence-electron chi connectivity index (χ4n) is 2.66. The van der Waals surface area contributed by atoms with Crippen LogP contribution >= 0.6 is 33.9 Å². The summed E-state index contributed by atoms with van der Waals surface area (Å²) >= 11 is 3.73. The number of benzene rings is 3. The van der Waals surface area contributed by atoms with Gasteiger partial charge in [-0.3, -0.25) is 0 Å². The van der Waals surface area contributed by atoms with E-state index in [1.165, 1.54) is 0 Å². The number of hydrogen-bond donors (Lipinski definition) is 0. The average Bonchev–Trinajstić information content (AvgIpc) is 3.12.